The van der Waals surface area contributed by atoms with Crippen molar-refractivity contribution >= 4 is 23.6 Å². The molecule has 1 aromatic heterocycles. The van der Waals surface area contributed by atoms with Gasteiger partial charge in [-0.3, -0.25) is 10.0 Å². The molecule has 1 saturated heterocycles. The van der Waals surface area contributed by atoms with Crippen molar-refractivity contribution in [2.75, 3.05) is 36.4 Å². The monoisotopic (exact) mass is 418 g/mol. The summed E-state index contributed by atoms with van der Waals surface area (Å²) in [6.45, 7) is 2.20. The van der Waals surface area contributed by atoms with Gasteiger partial charge >= 0.3 is 6.03 Å². The summed E-state index contributed by atoms with van der Waals surface area (Å²) in [7, 11) is 0. The van der Waals surface area contributed by atoms with Crippen LogP contribution in [0.3, 0.4) is 0 Å². The van der Waals surface area contributed by atoms with E-state index < -0.39 is 5.91 Å². The summed E-state index contributed by atoms with van der Waals surface area (Å²) in [5.41, 5.74) is 4.68. The zero-order chi connectivity index (χ0) is 21.6. The maximum absolute atomic E-state index is 12.6. The van der Waals surface area contributed by atoms with E-state index in [9.17, 15) is 9.59 Å². The average molecular weight is 418 g/mol. The fourth-order valence-corrected chi connectivity index (χ4v) is 3.36. The van der Waals surface area contributed by atoms with Crippen molar-refractivity contribution in [1.82, 2.24) is 20.3 Å². The number of aromatic nitrogens is 2. The predicted molar refractivity (Wildman–Crippen MR) is 116 cm³/mol. The van der Waals surface area contributed by atoms with Gasteiger partial charge in [0.25, 0.3) is 5.91 Å². The van der Waals surface area contributed by atoms with Crippen LogP contribution in [-0.2, 0) is 0 Å². The topological polar surface area (TPSA) is 111 Å². The smallest absolute Gasteiger partial charge is 0.321 e. The lowest BCUT2D eigenvalue weighted by Gasteiger charge is -2.34. The van der Waals surface area contributed by atoms with Gasteiger partial charge in [0.05, 0.1) is 5.56 Å². The molecule has 0 bridgehead atoms. The van der Waals surface area contributed by atoms with Gasteiger partial charge in [0, 0.05) is 44.3 Å². The first kappa shape index (κ1) is 20.3. The Labute approximate surface area is 179 Å². The van der Waals surface area contributed by atoms with Crippen molar-refractivity contribution in [3.05, 3.63) is 72.6 Å². The number of carbonyl (C=O) groups excluding carboxylic acids is 2. The largest absolute Gasteiger partial charge is 0.337 e. The molecule has 31 heavy (non-hydrogen) atoms. The number of amides is 3. The van der Waals surface area contributed by atoms with Gasteiger partial charge < -0.3 is 15.1 Å². The summed E-state index contributed by atoms with van der Waals surface area (Å²) in [6.07, 6.45) is 2.71. The molecule has 0 spiro atoms. The number of anilines is 2. The van der Waals surface area contributed by atoms with Crippen LogP contribution in [0.25, 0.3) is 11.1 Å². The van der Waals surface area contributed by atoms with Crippen LogP contribution >= 0.6 is 0 Å². The molecule has 1 aliphatic rings. The minimum Gasteiger partial charge on any atom is -0.337 e. The van der Waals surface area contributed by atoms with E-state index in [2.05, 4.69) is 15.3 Å². The van der Waals surface area contributed by atoms with Crippen LogP contribution in [0.4, 0.5) is 16.4 Å². The second-order valence-electron chi connectivity index (χ2n) is 7.06. The summed E-state index contributed by atoms with van der Waals surface area (Å²) >= 11 is 0. The molecular weight excluding hydrogens is 396 g/mol. The number of hydrogen-bond acceptors (Lipinski definition) is 6. The van der Waals surface area contributed by atoms with E-state index in [1.165, 1.54) is 12.4 Å². The van der Waals surface area contributed by atoms with Crippen molar-refractivity contribution in [2.24, 2.45) is 0 Å². The first-order chi connectivity index (χ1) is 15.1. The highest BCUT2D eigenvalue weighted by Crippen LogP contribution is 2.21. The molecule has 0 unspecified atom stereocenters. The van der Waals surface area contributed by atoms with Gasteiger partial charge in [0.1, 0.15) is 0 Å². The zero-order valence-corrected chi connectivity index (χ0v) is 16.7. The summed E-state index contributed by atoms with van der Waals surface area (Å²) in [5, 5.41) is 11.6. The quantitative estimate of drug-likeness (QED) is 0.444. The Kier molecular flexibility index (Phi) is 6.04. The Morgan fingerprint density at radius 3 is 2.06 bits per heavy atom. The fourth-order valence-electron chi connectivity index (χ4n) is 3.36. The normalized spacial score (nSPS) is 13.6. The van der Waals surface area contributed by atoms with E-state index in [0.717, 1.165) is 16.8 Å². The van der Waals surface area contributed by atoms with Crippen molar-refractivity contribution in [3.8, 4) is 11.1 Å². The summed E-state index contributed by atoms with van der Waals surface area (Å²) in [5.74, 6) is -0.184. The zero-order valence-electron chi connectivity index (χ0n) is 16.7. The van der Waals surface area contributed by atoms with Gasteiger partial charge in [-0.15, -0.1) is 0 Å². The molecule has 1 aliphatic heterocycles. The third-order valence-corrected chi connectivity index (χ3v) is 5.09. The minimum atomic E-state index is -0.662. The molecular formula is C22H22N6O3. The number of piperazine rings is 1. The van der Waals surface area contributed by atoms with Gasteiger partial charge in [-0.2, -0.15) is 0 Å². The van der Waals surface area contributed by atoms with Crippen LogP contribution in [0.15, 0.2) is 67.0 Å². The van der Waals surface area contributed by atoms with E-state index in [4.69, 9.17) is 5.21 Å². The molecule has 0 radical (unpaired) electrons. The number of hydroxylamine groups is 1. The van der Waals surface area contributed by atoms with Gasteiger partial charge in [0.2, 0.25) is 5.95 Å². The molecule has 0 aliphatic carbocycles. The van der Waals surface area contributed by atoms with Crippen LogP contribution < -0.4 is 15.7 Å². The highest BCUT2D eigenvalue weighted by atomic mass is 16.5. The Morgan fingerprint density at radius 1 is 0.839 bits per heavy atom. The number of benzene rings is 2. The van der Waals surface area contributed by atoms with E-state index in [1.807, 2.05) is 59.5 Å². The van der Waals surface area contributed by atoms with Crippen LogP contribution in [0.1, 0.15) is 10.4 Å². The maximum atomic E-state index is 12.6. The lowest BCUT2D eigenvalue weighted by atomic mass is 10.1. The van der Waals surface area contributed by atoms with Crippen LogP contribution in [0, 0.1) is 0 Å². The molecule has 4 rings (SSSR count). The van der Waals surface area contributed by atoms with Crippen LogP contribution in [0.2, 0.25) is 0 Å². The van der Waals surface area contributed by atoms with Gasteiger partial charge in [-0.05, 0) is 23.3 Å². The van der Waals surface area contributed by atoms with E-state index in [-0.39, 0.29) is 11.6 Å². The van der Waals surface area contributed by atoms with Crippen molar-refractivity contribution in [1.29, 1.82) is 0 Å². The molecule has 9 nitrogen and oxygen atoms in total. The third-order valence-electron chi connectivity index (χ3n) is 5.09. The van der Waals surface area contributed by atoms with Crippen molar-refractivity contribution in [3.63, 3.8) is 0 Å². The second kappa shape index (κ2) is 9.23. The van der Waals surface area contributed by atoms with Gasteiger partial charge in [-0.1, -0.05) is 42.5 Å². The summed E-state index contributed by atoms with van der Waals surface area (Å²) < 4.78 is 0. The standard InChI is InChI=1S/C22H22N6O3/c29-20(26-31)18-14-23-21(24-15-18)27-10-12-28(13-11-27)22(30)25-19-8-6-17(7-9-19)16-4-2-1-3-5-16/h1-9,14-15,31H,10-13H2,(H,25,30)(H,26,29). The fraction of sp³-hybridized carbons (Fsp3) is 0.182. The van der Waals surface area contributed by atoms with Gasteiger partial charge in [-0.25, -0.2) is 20.2 Å². The molecule has 1 fully saturated rings. The van der Waals surface area contributed by atoms with Gasteiger partial charge in [0.15, 0.2) is 0 Å². The number of nitrogens with zero attached hydrogens (tertiary/aromatic N) is 4. The SMILES string of the molecule is O=C(NO)c1cnc(N2CCN(C(=O)Nc3ccc(-c4ccccc4)cc3)CC2)nc1. The molecule has 2 aromatic carbocycles. The number of hydrogen-bond donors (Lipinski definition) is 3. The third kappa shape index (κ3) is 4.78. The van der Waals surface area contributed by atoms with Crippen LogP contribution in [-0.4, -0.2) is 58.2 Å². The Hall–Kier alpha value is -3.98. The lowest BCUT2D eigenvalue weighted by Crippen LogP contribution is -2.50. The predicted octanol–water partition coefficient (Wildman–Crippen LogP) is 2.62. The number of rotatable bonds is 4. The van der Waals surface area contributed by atoms with Crippen LogP contribution in [0.5, 0.6) is 0 Å². The van der Waals surface area contributed by atoms with E-state index in [0.29, 0.717) is 32.1 Å². The highest BCUT2D eigenvalue weighted by molar-refractivity contribution is 5.92. The van der Waals surface area contributed by atoms with Crippen molar-refractivity contribution in [2.45, 2.75) is 0 Å². The number of nitrogens with one attached hydrogen (secondary N) is 2. The average Bonchev–Trinajstić information content (AvgIpc) is 2.85. The van der Waals surface area contributed by atoms with Crippen molar-refractivity contribution < 1.29 is 14.8 Å². The summed E-state index contributed by atoms with van der Waals surface area (Å²) in [6, 6.07) is 17.7. The number of carbonyl (C=O) groups is 2. The Morgan fingerprint density at radius 2 is 1.45 bits per heavy atom. The number of urea groups is 1. The molecule has 3 N–H and O–H groups in total. The Bertz CT molecular complexity index is 1030. The first-order valence-corrected chi connectivity index (χ1v) is 9.87. The summed E-state index contributed by atoms with van der Waals surface area (Å²) in [4.78, 5) is 36.0. The molecule has 3 aromatic rings. The molecule has 0 saturated carbocycles. The molecule has 3 amide bonds. The molecule has 9 heteroatoms. The maximum Gasteiger partial charge on any atom is 0.321 e. The first-order valence-electron chi connectivity index (χ1n) is 9.87. The molecule has 2 heterocycles. The van der Waals surface area contributed by atoms with E-state index in [1.54, 1.807) is 10.4 Å². The lowest BCUT2D eigenvalue weighted by molar-refractivity contribution is 0.0705. The van der Waals surface area contributed by atoms with E-state index >= 15 is 0 Å². The highest BCUT2D eigenvalue weighted by Gasteiger charge is 2.23. The Balaban J connectivity index is 1.30. The second-order valence-corrected chi connectivity index (χ2v) is 7.06. The molecule has 158 valence electrons. The molecule has 0 atom stereocenters. The minimum absolute atomic E-state index is 0.150.